The van der Waals surface area contributed by atoms with E-state index in [4.69, 9.17) is 4.74 Å². The van der Waals surface area contributed by atoms with Gasteiger partial charge in [-0.15, -0.1) is 12.4 Å². The first-order valence-electron chi connectivity index (χ1n) is 9.31. The van der Waals surface area contributed by atoms with Crippen molar-refractivity contribution in [1.29, 1.82) is 0 Å². The van der Waals surface area contributed by atoms with Crippen molar-refractivity contribution in [1.82, 2.24) is 14.9 Å². The molecular formula is C18H24ClN3O5S. The highest BCUT2D eigenvalue weighted by Crippen LogP contribution is 2.32. The van der Waals surface area contributed by atoms with Crippen LogP contribution in [0.3, 0.4) is 0 Å². The van der Waals surface area contributed by atoms with Crippen molar-refractivity contribution in [3.8, 4) is 0 Å². The van der Waals surface area contributed by atoms with Crippen LogP contribution in [-0.2, 0) is 14.8 Å². The molecule has 10 heteroatoms. The number of ether oxygens (including phenoxy) is 1. The predicted molar refractivity (Wildman–Crippen MR) is 104 cm³/mol. The zero-order chi connectivity index (χ0) is 19.0. The van der Waals surface area contributed by atoms with E-state index >= 15 is 0 Å². The van der Waals surface area contributed by atoms with Gasteiger partial charge in [-0.05, 0) is 50.4 Å². The van der Waals surface area contributed by atoms with Gasteiger partial charge >= 0.3 is 0 Å². The maximum Gasteiger partial charge on any atom is 0.269 e. The van der Waals surface area contributed by atoms with Gasteiger partial charge in [0, 0.05) is 24.8 Å². The van der Waals surface area contributed by atoms with E-state index in [9.17, 15) is 18.0 Å². The van der Waals surface area contributed by atoms with Gasteiger partial charge in [0.2, 0.25) is 0 Å². The van der Waals surface area contributed by atoms with Crippen molar-refractivity contribution in [3.05, 3.63) is 29.3 Å². The summed E-state index contributed by atoms with van der Waals surface area (Å²) < 4.78 is 32.1. The lowest BCUT2D eigenvalue weighted by Gasteiger charge is -2.23. The van der Waals surface area contributed by atoms with E-state index in [1.807, 2.05) is 0 Å². The summed E-state index contributed by atoms with van der Waals surface area (Å²) in [5.41, 5.74) is 0.360. The van der Waals surface area contributed by atoms with Crippen molar-refractivity contribution in [2.75, 3.05) is 26.2 Å². The van der Waals surface area contributed by atoms with Crippen LogP contribution >= 0.6 is 12.4 Å². The molecule has 0 radical (unpaired) electrons. The minimum atomic E-state index is -3.96. The van der Waals surface area contributed by atoms with Crippen LogP contribution in [0.1, 0.15) is 46.4 Å². The molecule has 0 aliphatic carbocycles. The average molecular weight is 430 g/mol. The van der Waals surface area contributed by atoms with E-state index in [0.29, 0.717) is 13.2 Å². The number of carbonyl (C=O) groups excluding carboxylic acids is 2. The normalized spacial score (nSPS) is 25.9. The molecule has 3 aliphatic heterocycles. The number of sulfonamides is 1. The van der Waals surface area contributed by atoms with Crippen LogP contribution in [0.15, 0.2) is 23.1 Å². The van der Waals surface area contributed by atoms with E-state index in [0.717, 1.165) is 36.5 Å². The number of piperidine rings is 1. The number of benzene rings is 1. The maximum atomic E-state index is 12.9. The fourth-order valence-electron chi connectivity index (χ4n) is 3.81. The molecular weight excluding hydrogens is 406 g/mol. The van der Waals surface area contributed by atoms with E-state index in [-0.39, 0.29) is 53.0 Å². The second-order valence-corrected chi connectivity index (χ2v) is 9.03. The van der Waals surface area contributed by atoms with Crippen LogP contribution in [0, 0.1) is 0 Å². The lowest BCUT2D eigenvalue weighted by Crippen LogP contribution is -2.45. The highest BCUT2D eigenvalue weighted by Gasteiger charge is 2.43. The van der Waals surface area contributed by atoms with Crippen molar-refractivity contribution in [2.45, 2.75) is 42.7 Å². The summed E-state index contributed by atoms with van der Waals surface area (Å²) in [7, 11) is -3.96. The molecule has 0 spiro atoms. The SMILES string of the molecule is Cl.O=C(NC1CCCNC1)c1ccc2c(c1)S(=O)(=O)N(CC1CCCO1)C2=O. The monoisotopic (exact) mass is 429 g/mol. The number of amides is 2. The standard InChI is InChI=1S/C18H23N3O5S.ClH/c22-17(20-13-3-1-7-19-10-13)12-5-6-15-16(9-12)27(24,25)21(18(15)23)11-14-4-2-8-26-14;/h5-6,9,13-14,19H,1-4,7-8,10-11H2,(H,20,22);1H. The summed E-state index contributed by atoms with van der Waals surface area (Å²) in [4.78, 5) is 25.0. The number of rotatable bonds is 4. The second kappa shape index (κ2) is 8.36. The first-order valence-corrected chi connectivity index (χ1v) is 10.7. The van der Waals surface area contributed by atoms with Crippen molar-refractivity contribution in [2.24, 2.45) is 0 Å². The molecule has 0 bridgehead atoms. The van der Waals surface area contributed by atoms with Crippen LogP contribution in [-0.4, -0.2) is 62.9 Å². The fraction of sp³-hybridized carbons (Fsp3) is 0.556. The van der Waals surface area contributed by atoms with E-state index in [1.165, 1.54) is 18.2 Å². The topological polar surface area (TPSA) is 105 Å². The summed E-state index contributed by atoms with van der Waals surface area (Å²) in [6.07, 6.45) is 3.20. The second-order valence-electron chi connectivity index (χ2n) is 7.20. The van der Waals surface area contributed by atoms with Gasteiger partial charge in [-0.1, -0.05) is 0 Å². The van der Waals surface area contributed by atoms with Gasteiger partial charge in [0.05, 0.1) is 18.2 Å². The van der Waals surface area contributed by atoms with Crippen LogP contribution in [0.4, 0.5) is 0 Å². The predicted octanol–water partition coefficient (Wildman–Crippen LogP) is 0.914. The fourth-order valence-corrected chi connectivity index (χ4v) is 5.44. The molecule has 3 aliphatic rings. The molecule has 0 aromatic heterocycles. The van der Waals surface area contributed by atoms with E-state index in [2.05, 4.69) is 10.6 Å². The Morgan fingerprint density at radius 3 is 2.79 bits per heavy atom. The Balaban J connectivity index is 0.00000225. The summed E-state index contributed by atoms with van der Waals surface area (Å²) in [6.45, 7) is 2.24. The quantitative estimate of drug-likeness (QED) is 0.737. The summed E-state index contributed by atoms with van der Waals surface area (Å²) in [5.74, 6) is -0.879. The van der Waals surface area contributed by atoms with Gasteiger partial charge in [0.25, 0.3) is 21.8 Å². The Kier molecular flexibility index (Phi) is 6.28. The molecule has 28 heavy (non-hydrogen) atoms. The zero-order valence-corrected chi connectivity index (χ0v) is 17.0. The van der Waals surface area contributed by atoms with Crippen LogP contribution in [0.5, 0.6) is 0 Å². The third-order valence-electron chi connectivity index (χ3n) is 5.29. The summed E-state index contributed by atoms with van der Waals surface area (Å²) >= 11 is 0. The molecule has 2 unspecified atom stereocenters. The number of nitrogens with zero attached hydrogens (tertiary/aromatic N) is 1. The zero-order valence-electron chi connectivity index (χ0n) is 15.3. The molecule has 0 saturated carbocycles. The lowest BCUT2D eigenvalue weighted by molar-refractivity contribution is 0.0707. The number of fused-ring (bicyclic) bond motifs is 1. The van der Waals surface area contributed by atoms with Gasteiger partial charge in [0.15, 0.2) is 0 Å². The van der Waals surface area contributed by atoms with Gasteiger partial charge < -0.3 is 15.4 Å². The molecule has 2 amide bonds. The molecule has 2 N–H and O–H groups in total. The number of hydrogen-bond donors (Lipinski definition) is 2. The van der Waals surface area contributed by atoms with Crippen LogP contribution in [0.25, 0.3) is 0 Å². The Hall–Kier alpha value is -1.68. The van der Waals surface area contributed by atoms with Crippen LogP contribution in [0.2, 0.25) is 0 Å². The largest absolute Gasteiger partial charge is 0.376 e. The molecule has 4 rings (SSSR count). The third kappa shape index (κ3) is 3.89. The number of nitrogens with one attached hydrogen (secondary N) is 2. The van der Waals surface area contributed by atoms with Gasteiger partial charge in [-0.3, -0.25) is 9.59 Å². The van der Waals surface area contributed by atoms with E-state index in [1.54, 1.807) is 0 Å². The molecule has 2 atom stereocenters. The first-order chi connectivity index (χ1) is 13.0. The maximum absolute atomic E-state index is 12.9. The summed E-state index contributed by atoms with van der Waals surface area (Å²) in [6, 6.07) is 4.27. The molecule has 2 saturated heterocycles. The molecule has 2 fully saturated rings. The van der Waals surface area contributed by atoms with Crippen molar-refractivity contribution in [3.63, 3.8) is 0 Å². The molecule has 3 heterocycles. The molecule has 154 valence electrons. The minimum Gasteiger partial charge on any atom is -0.376 e. The van der Waals surface area contributed by atoms with E-state index < -0.39 is 15.9 Å². The first kappa shape index (κ1) is 21.0. The highest BCUT2D eigenvalue weighted by atomic mass is 35.5. The number of hydrogen-bond acceptors (Lipinski definition) is 6. The molecule has 8 nitrogen and oxygen atoms in total. The van der Waals surface area contributed by atoms with Crippen molar-refractivity contribution >= 4 is 34.2 Å². The highest BCUT2D eigenvalue weighted by molar-refractivity contribution is 7.90. The van der Waals surface area contributed by atoms with Crippen LogP contribution < -0.4 is 10.6 Å². The summed E-state index contributed by atoms with van der Waals surface area (Å²) in [5, 5.41) is 6.14. The lowest BCUT2D eigenvalue weighted by atomic mass is 10.1. The van der Waals surface area contributed by atoms with Gasteiger partial charge in [-0.25, -0.2) is 12.7 Å². The van der Waals surface area contributed by atoms with Gasteiger partial charge in [0.1, 0.15) is 4.90 Å². The Morgan fingerprint density at radius 1 is 1.29 bits per heavy atom. The minimum absolute atomic E-state index is 0. The number of carbonyl (C=O) groups is 2. The average Bonchev–Trinajstić information content (AvgIpc) is 3.24. The Labute approximate surface area is 170 Å². The smallest absolute Gasteiger partial charge is 0.269 e. The Morgan fingerprint density at radius 2 is 2.11 bits per heavy atom. The Bertz CT molecular complexity index is 864. The molecule has 1 aromatic carbocycles. The van der Waals surface area contributed by atoms with Crippen molar-refractivity contribution < 1.29 is 22.7 Å². The third-order valence-corrected chi connectivity index (χ3v) is 7.08. The van der Waals surface area contributed by atoms with Gasteiger partial charge in [-0.2, -0.15) is 0 Å². The molecule has 1 aromatic rings. The number of halogens is 1.